The van der Waals surface area contributed by atoms with Crippen LogP contribution in [0.1, 0.15) is 13.3 Å². The predicted molar refractivity (Wildman–Crippen MR) is 50.1 cm³/mol. The molecule has 0 radical (unpaired) electrons. The first kappa shape index (κ1) is 9.96. The van der Waals surface area contributed by atoms with Gasteiger partial charge in [-0.1, -0.05) is 6.92 Å². The predicted octanol–water partition coefficient (Wildman–Crippen LogP) is 0.302. The molecule has 0 aromatic carbocycles. The monoisotopic (exact) mass is 172 g/mol. The van der Waals surface area contributed by atoms with Gasteiger partial charge in [0.1, 0.15) is 0 Å². The summed E-state index contributed by atoms with van der Waals surface area (Å²) in [5.41, 5.74) is 5.46. The Kier molecular flexibility index (Phi) is 3.98. The Morgan fingerprint density at radius 1 is 1.58 bits per heavy atom. The molecule has 2 unspecified atom stereocenters. The maximum Gasteiger partial charge on any atom is 0.0728 e. The SMILES string of the molecule is CC1CCOC1CN(C)CCN. The van der Waals surface area contributed by atoms with E-state index in [1.807, 2.05) is 0 Å². The second kappa shape index (κ2) is 4.80. The van der Waals surface area contributed by atoms with E-state index in [2.05, 4.69) is 18.9 Å². The van der Waals surface area contributed by atoms with E-state index in [1.54, 1.807) is 0 Å². The molecule has 1 rings (SSSR count). The Morgan fingerprint density at radius 3 is 2.83 bits per heavy atom. The molecule has 3 heteroatoms. The summed E-state index contributed by atoms with van der Waals surface area (Å²) in [5.74, 6) is 0.713. The minimum atomic E-state index is 0.432. The quantitative estimate of drug-likeness (QED) is 0.663. The van der Waals surface area contributed by atoms with E-state index in [0.717, 1.165) is 26.2 Å². The van der Waals surface area contributed by atoms with Crippen LogP contribution in [0.4, 0.5) is 0 Å². The number of nitrogens with zero attached hydrogens (tertiary/aromatic N) is 1. The molecule has 12 heavy (non-hydrogen) atoms. The van der Waals surface area contributed by atoms with Crippen LogP contribution in [-0.2, 0) is 4.74 Å². The first-order valence-corrected chi connectivity index (χ1v) is 4.74. The third-order valence-corrected chi connectivity index (χ3v) is 2.54. The van der Waals surface area contributed by atoms with Gasteiger partial charge < -0.3 is 15.4 Å². The van der Waals surface area contributed by atoms with Crippen LogP contribution in [0, 0.1) is 5.92 Å². The average molecular weight is 172 g/mol. The topological polar surface area (TPSA) is 38.5 Å². The highest BCUT2D eigenvalue weighted by molar-refractivity contribution is 4.75. The minimum Gasteiger partial charge on any atom is -0.377 e. The molecule has 0 aromatic heterocycles. The summed E-state index contributed by atoms with van der Waals surface area (Å²) in [6.07, 6.45) is 1.64. The molecule has 0 bridgehead atoms. The summed E-state index contributed by atoms with van der Waals surface area (Å²) in [7, 11) is 2.10. The molecule has 3 nitrogen and oxygen atoms in total. The van der Waals surface area contributed by atoms with E-state index >= 15 is 0 Å². The molecule has 0 aliphatic carbocycles. The van der Waals surface area contributed by atoms with E-state index in [-0.39, 0.29) is 0 Å². The summed E-state index contributed by atoms with van der Waals surface area (Å²) < 4.78 is 5.60. The minimum absolute atomic E-state index is 0.432. The number of rotatable bonds is 4. The fraction of sp³-hybridized carbons (Fsp3) is 1.00. The van der Waals surface area contributed by atoms with Gasteiger partial charge in [0.25, 0.3) is 0 Å². The van der Waals surface area contributed by atoms with Crippen LogP contribution in [0.2, 0.25) is 0 Å². The molecular formula is C9H20N2O. The van der Waals surface area contributed by atoms with Gasteiger partial charge in [0.15, 0.2) is 0 Å². The standard InChI is InChI=1S/C9H20N2O/c1-8-3-6-12-9(8)7-11(2)5-4-10/h8-9H,3-7,10H2,1-2H3. The second-order valence-corrected chi connectivity index (χ2v) is 3.73. The fourth-order valence-electron chi connectivity index (χ4n) is 1.61. The maximum atomic E-state index is 5.60. The lowest BCUT2D eigenvalue weighted by atomic mass is 10.0. The molecule has 1 heterocycles. The molecule has 0 spiro atoms. The van der Waals surface area contributed by atoms with Crippen LogP contribution in [0.3, 0.4) is 0 Å². The zero-order valence-corrected chi connectivity index (χ0v) is 8.12. The second-order valence-electron chi connectivity index (χ2n) is 3.73. The van der Waals surface area contributed by atoms with Gasteiger partial charge in [0.2, 0.25) is 0 Å². The molecule has 1 aliphatic heterocycles. The van der Waals surface area contributed by atoms with E-state index < -0.39 is 0 Å². The fourth-order valence-corrected chi connectivity index (χ4v) is 1.61. The van der Waals surface area contributed by atoms with Gasteiger partial charge in [-0.15, -0.1) is 0 Å². The number of hydrogen-bond acceptors (Lipinski definition) is 3. The summed E-state index contributed by atoms with van der Waals surface area (Å²) in [6.45, 7) is 5.92. The molecule has 1 fully saturated rings. The van der Waals surface area contributed by atoms with Gasteiger partial charge in [0.05, 0.1) is 6.10 Å². The molecule has 2 atom stereocenters. The molecule has 2 N–H and O–H groups in total. The van der Waals surface area contributed by atoms with E-state index in [1.165, 1.54) is 6.42 Å². The van der Waals surface area contributed by atoms with Crippen molar-refractivity contribution in [1.29, 1.82) is 0 Å². The Labute approximate surface area is 74.9 Å². The summed E-state index contributed by atoms with van der Waals surface area (Å²) in [4.78, 5) is 2.24. The van der Waals surface area contributed by atoms with Crippen molar-refractivity contribution >= 4 is 0 Å². The Hall–Kier alpha value is -0.120. The number of hydrogen-bond donors (Lipinski definition) is 1. The molecule has 0 amide bonds. The van der Waals surface area contributed by atoms with Gasteiger partial charge in [-0.25, -0.2) is 0 Å². The van der Waals surface area contributed by atoms with Crippen LogP contribution in [-0.4, -0.2) is 44.3 Å². The Bertz CT molecular complexity index is 130. The van der Waals surface area contributed by atoms with Crippen molar-refractivity contribution in [3.8, 4) is 0 Å². The molecule has 1 saturated heterocycles. The Morgan fingerprint density at radius 2 is 2.33 bits per heavy atom. The van der Waals surface area contributed by atoms with Crippen LogP contribution in [0.5, 0.6) is 0 Å². The first-order chi connectivity index (χ1) is 5.74. The van der Waals surface area contributed by atoms with E-state index in [4.69, 9.17) is 10.5 Å². The van der Waals surface area contributed by atoms with Gasteiger partial charge in [0, 0.05) is 26.2 Å². The highest BCUT2D eigenvalue weighted by Crippen LogP contribution is 2.20. The maximum absolute atomic E-state index is 5.60. The third kappa shape index (κ3) is 2.73. The first-order valence-electron chi connectivity index (χ1n) is 4.74. The van der Waals surface area contributed by atoms with Gasteiger partial charge in [-0.3, -0.25) is 0 Å². The normalized spacial score (nSPS) is 30.0. The van der Waals surface area contributed by atoms with Crippen molar-refractivity contribution in [3.63, 3.8) is 0 Å². The lowest BCUT2D eigenvalue weighted by molar-refractivity contribution is 0.0658. The zero-order valence-electron chi connectivity index (χ0n) is 8.12. The molecule has 0 aromatic rings. The van der Waals surface area contributed by atoms with Crippen LogP contribution in [0.25, 0.3) is 0 Å². The summed E-state index contributed by atoms with van der Waals surface area (Å²) in [6, 6.07) is 0. The Balaban J connectivity index is 2.20. The number of ether oxygens (including phenoxy) is 1. The molecule has 1 aliphatic rings. The van der Waals surface area contributed by atoms with Crippen LogP contribution < -0.4 is 5.73 Å². The van der Waals surface area contributed by atoms with Crippen molar-refractivity contribution in [2.24, 2.45) is 11.7 Å². The largest absolute Gasteiger partial charge is 0.377 e. The molecular weight excluding hydrogens is 152 g/mol. The van der Waals surface area contributed by atoms with Crippen molar-refractivity contribution in [3.05, 3.63) is 0 Å². The van der Waals surface area contributed by atoms with E-state index in [0.29, 0.717) is 12.0 Å². The van der Waals surface area contributed by atoms with Gasteiger partial charge in [-0.05, 0) is 19.4 Å². The van der Waals surface area contributed by atoms with Crippen molar-refractivity contribution < 1.29 is 4.74 Å². The lowest BCUT2D eigenvalue weighted by Gasteiger charge is -2.22. The van der Waals surface area contributed by atoms with Crippen LogP contribution in [0.15, 0.2) is 0 Å². The lowest BCUT2D eigenvalue weighted by Crippen LogP contribution is -2.34. The van der Waals surface area contributed by atoms with Gasteiger partial charge >= 0.3 is 0 Å². The van der Waals surface area contributed by atoms with Crippen molar-refractivity contribution in [2.75, 3.05) is 33.3 Å². The average Bonchev–Trinajstić information content (AvgIpc) is 2.37. The third-order valence-electron chi connectivity index (χ3n) is 2.54. The number of nitrogens with two attached hydrogens (primary N) is 1. The smallest absolute Gasteiger partial charge is 0.0728 e. The summed E-state index contributed by atoms with van der Waals surface area (Å²) >= 11 is 0. The molecule has 72 valence electrons. The van der Waals surface area contributed by atoms with Crippen LogP contribution >= 0.6 is 0 Å². The number of likely N-dealkylation sites (N-methyl/N-ethyl adjacent to an activating group) is 1. The highest BCUT2D eigenvalue weighted by atomic mass is 16.5. The summed E-state index contributed by atoms with van der Waals surface area (Å²) in [5, 5.41) is 0. The van der Waals surface area contributed by atoms with E-state index in [9.17, 15) is 0 Å². The molecule has 0 saturated carbocycles. The van der Waals surface area contributed by atoms with Crippen molar-refractivity contribution in [1.82, 2.24) is 4.90 Å². The van der Waals surface area contributed by atoms with Crippen molar-refractivity contribution in [2.45, 2.75) is 19.4 Å². The van der Waals surface area contributed by atoms with Gasteiger partial charge in [-0.2, -0.15) is 0 Å². The zero-order chi connectivity index (χ0) is 8.97. The highest BCUT2D eigenvalue weighted by Gasteiger charge is 2.24.